The molecular weight excluding hydrogens is 281 g/mol. The number of hydrogen-bond donors (Lipinski definition) is 0. The van der Waals surface area contributed by atoms with Crippen LogP contribution in [0.15, 0.2) is 24.3 Å². The van der Waals surface area contributed by atoms with E-state index in [1.165, 1.54) is 19.2 Å². The van der Waals surface area contributed by atoms with Crippen LogP contribution < -0.4 is 4.74 Å². The number of carbonyl (C=O) groups is 1. The summed E-state index contributed by atoms with van der Waals surface area (Å²) < 4.78 is 19.2. The number of rotatable bonds is 1. The van der Waals surface area contributed by atoms with Gasteiger partial charge in [0.25, 0.3) is 5.91 Å². The molecule has 4 heteroatoms. The van der Waals surface area contributed by atoms with Gasteiger partial charge in [-0.2, -0.15) is 0 Å². The lowest BCUT2D eigenvalue weighted by atomic mass is 9.92. The summed E-state index contributed by atoms with van der Waals surface area (Å²) in [4.78, 5) is 14.3. The van der Waals surface area contributed by atoms with Crippen LogP contribution in [0.2, 0.25) is 0 Å². The monoisotopic (exact) mass is 299 g/mol. The minimum atomic E-state index is -0.456. The highest BCUT2D eigenvalue weighted by Gasteiger charge is 2.26. The average molecular weight is 299 g/mol. The van der Waals surface area contributed by atoms with Crippen LogP contribution in [0.25, 0.3) is 11.1 Å². The molecule has 0 atom stereocenters. The summed E-state index contributed by atoms with van der Waals surface area (Å²) in [5, 5.41) is 0. The average Bonchev–Trinajstić information content (AvgIpc) is 2.57. The highest BCUT2D eigenvalue weighted by molar-refractivity contribution is 6.02. The van der Waals surface area contributed by atoms with E-state index in [-0.39, 0.29) is 11.7 Å². The summed E-state index contributed by atoms with van der Waals surface area (Å²) >= 11 is 0. The second-order valence-corrected chi connectivity index (χ2v) is 5.79. The Hall–Kier alpha value is -2.36. The van der Waals surface area contributed by atoms with Crippen molar-refractivity contribution in [3.63, 3.8) is 0 Å². The molecule has 0 N–H and O–H groups in total. The highest BCUT2D eigenvalue weighted by atomic mass is 19.1. The molecule has 0 aliphatic carbocycles. The Morgan fingerprint density at radius 1 is 1.05 bits per heavy atom. The molecular formula is C18H18FNO2. The lowest BCUT2D eigenvalue weighted by Gasteiger charge is -2.15. The van der Waals surface area contributed by atoms with Crippen molar-refractivity contribution in [1.29, 1.82) is 0 Å². The second-order valence-electron chi connectivity index (χ2n) is 5.79. The molecule has 2 aromatic rings. The SMILES string of the molecule is COc1cc2c(cc1F)-c1cc(C)c(C)cc1CN(C)C2=O. The van der Waals surface area contributed by atoms with E-state index in [1.807, 2.05) is 19.9 Å². The summed E-state index contributed by atoms with van der Waals surface area (Å²) in [5.74, 6) is -0.490. The maximum Gasteiger partial charge on any atom is 0.254 e. The van der Waals surface area contributed by atoms with Crippen molar-refractivity contribution in [3.8, 4) is 16.9 Å². The number of benzene rings is 2. The van der Waals surface area contributed by atoms with E-state index in [4.69, 9.17) is 4.74 Å². The Bertz CT molecular complexity index is 783. The molecule has 0 saturated heterocycles. The Kier molecular flexibility index (Phi) is 3.39. The van der Waals surface area contributed by atoms with E-state index in [0.29, 0.717) is 17.7 Å². The molecule has 2 aromatic carbocycles. The molecule has 0 radical (unpaired) electrons. The summed E-state index contributed by atoms with van der Waals surface area (Å²) in [6.45, 7) is 4.57. The summed E-state index contributed by atoms with van der Waals surface area (Å²) in [6, 6.07) is 7.00. The van der Waals surface area contributed by atoms with Crippen LogP contribution in [0.3, 0.4) is 0 Å². The zero-order valence-corrected chi connectivity index (χ0v) is 13.2. The van der Waals surface area contributed by atoms with Gasteiger partial charge < -0.3 is 9.64 Å². The fourth-order valence-corrected chi connectivity index (χ4v) is 2.90. The first-order chi connectivity index (χ1) is 10.4. The molecule has 1 heterocycles. The standard InChI is InChI=1S/C18H18FNO2/c1-10-5-12-9-20(3)18(21)15-8-17(22-4)16(19)7-14(15)13(12)6-11(10)2/h5-8H,9H2,1-4H3. The van der Waals surface area contributed by atoms with Crippen LogP contribution in [0.1, 0.15) is 27.0 Å². The van der Waals surface area contributed by atoms with E-state index in [9.17, 15) is 9.18 Å². The first kappa shape index (κ1) is 14.6. The Morgan fingerprint density at radius 3 is 2.41 bits per heavy atom. The summed E-state index contributed by atoms with van der Waals surface area (Å²) in [5.41, 5.74) is 5.34. The zero-order chi connectivity index (χ0) is 16.0. The smallest absolute Gasteiger partial charge is 0.254 e. The van der Waals surface area contributed by atoms with E-state index in [1.54, 1.807) is 11.9 Å². The number of ether oxygens (including phenoxy) is 1. The van der Waals surface area contributed by atoms with Crippen molar-refractivity contribution in [1.82, 2.24) is 4.90 Å². The number of fused-ring (bicyclic) bond motifs is 3. The van der Waals surface area contributed by atoms with Crippen LogP contribution in [0, 0.1) is 19.7 Å². The van der Waals surface area contributed by atoms with Crippen molar-refractivity contribution in [2.45, 2.75) is 20.4 Å². The number of nitrogens with zero attached hydrogens (tertiary/aromatic N) is 1. The van der Waals surface area contributed by atoms with E-state index >= 15 is 0 Å². The third-order valence-corrected chi connectivity index (χ3v) is 4.29. The van der Waals surface area contributed by atoms with Gasteiger partial charge in [0.2, 0.25) is 0 Å². The van der Waals surface area contributed by atoms with E-state index < -0.39 is 5.82 Å². The number of carbonyl (C=O) groups excluding carboxylic acids is 1. The van der Waals surface area contributed by atoms with Crippen molar-refractivity contribution in [3.05, 3.63) is 52.3 Å². The summed E-state index contributed by atoms with van der Waals surface area (Å²) in [6.07, 6.45) is 0. The van der Waals surface area contributed by atoms with Gasteiger partial charge in [0, 0.05) is 13.6 Å². The molecule has 3 nitrogen and oxygen atoms in total. The van der Waals surface area contributed by atoms with Gasteiger partial charge >= 0.3 is 0 Å². The quantitative estimate of drug-likeness (QED) is 0.803. The van der Waals surface area contributed by atoms with Gasteiger partial charge in [-0.1, -0.05) is 12.1 Å². The molecule has 22 heavy (non-hydrogen) atoms. The fourth-order valence-electron chi connectivity index (χ4n) is 2.90. The third kappa shape index (κ3) is 2.15. The maximum atomic E-state index is 14.2. The molecule has 0 aromatic heterocycles. The molecule has 0 unspecified atom stereocenters. The van der Waals surface area contributed by atoms with Gasteiger partial charge in [-0.3, -0.25) is 4.79 Å². The lowest BCUT2D eigenvalue weighted by molar-refractivity contribution is 0.0788. The molecule has 1 aliphatic rings. The van der Waals surface area contributed by atoms with Gasteiger partial charge in [-0.05, 0) is 53.8 Å². The number of hydrogen-bond acceptors (Lipinski definition) is 2. The van der Waals surface area contributed by atoms with Crippen LogP contribution in [0.4, 0.5) is 4.39 Å². The fraction of sp³-hybridized carbons (Fsp3) is 0.278. The minimum absolute atomic E-state index is 0.0905. The van der Waals surface area contributed by atoms with Crippen molar-refractivity contribution in [2.24, 2.45) is 0 Å². The number of methoxy groups -OCH3 is 1. The largest absolute Gasteiger partial charge is 0.494 e. The highest BCUT2D eigenvalue weighted by Crippen LogP contribution is 2.37. The lowest BCUT2D eigenvalue weighted by Crippen LogP contribution is -2.25. The Balaban J connectivity index is 2.35. The molecule has 0 saturated carbocycles. The minimum Gasteiger partial charge on any atom is -0.494 e. The van der Waals surface area contributed by atoms with Crippen molar-refractivity contribution < 1.29 is 13.9 Å². The van der Waals surface area contributed by atoms with Crippen LogP contribution >= 0.6 is 0 Å². The van der Waals surface area contributed by atoms with E-state index in [0.717, 1.165) is 22.3 Å². The second kappa shape index (κ2) is 5.13. The molecule has 1 aliphatic heterocycles. The molecule has 3 rings (SSSR count). The van der Waals surface area contributed by atoms with Crippen molar-refractivity contribution >= 4 is 5.91 Å². The van der Waals surface area contributed by atoms with Crippen LogP contribution in [0.5, 0.6) is 5.75 Å². The first-order valence-electron chi connectivity index (χ1n) is 7.16. The van der Waals surface area contributed by atoms with E-state index in [2.05, 4.69) is 6.07 Å². The van der Waals surface area contributed by atoms with Crippen LogP contribution in [-0.4, -0.2) is 25.0 Å². The van der Waals surface area contributed by atoms with Crippen LogP contribution in [-0.2, 0) is 6.54 Å². The Morgan fingerprint density at radius 2 is 1.73 bits per heavy atom. The van der Waals surface area contributed by atoms with Crippen molar-refractivity contribution in [2.75, 3.05) is 14.2 Å². The van der Waals surface area contributed by atoms with Gasteiger partial charge in [-0.15, -0.1) is 0 Å². The predicted octanol–water partition coefficient (Wildman–Crippen LogP) is 3.70. The number of amides is 1. The molecule has 0 fully saturated rings. The Labute approximate surface area is 129 Å². The summed E-state index contributed by atoms with van der Waals surface area (Å²) in [7, 11) is 3.16. The molecule has 0 bridgehead atoms. The molecule has 114 valence electrons. The van der Waals surface area contributed by atoms with Gasteiger partial charge in [0.15, 0.2) is 11.6 Å². The number of halogens is 1. The molecule has 1 amide bonds. The molecule has 0 spiro atoms. The maximum absolute atomic E-state index is 14.2. The first-order valence-corrected chi connectivity index (χ1v) is 7.16. The number of aryl methyl sites for hydroxylation is 2. The van der Waals surface area contributed by atoms with Gasteiger partial charge in [0.05, 0.1) is 12.7 Å². The zero-order valence-electron chi connectivity index (χ0n) is 13.2. The van der Waals surface area contributed by atoms with Gasteiger partial charge in [0.1, 0.15) is 0 Å². The van der Waals surface area contributed by atoms with Gasteiger partial charge in [-0.25, -0.2) is 4.39 Å². The predicted molar refractivity (Wildman–Crippen MR) is 83.7 cm³/mol. The topological polar surface area (TPSA) is 29.5 Å². The normalized spacial score (nSPS) is 13.5. The third-order valence-electron chi connectivity index (χ3n) is 4.29.